The average molecular weight is 381 g/mol. The molecule has 1 aliphatic heterocycles. The molecule has 0 saturated carbocycles. The van der Waals surface area contributed by atoms with Crippen LogP contribution in [0.5, 0.6) is 0 Å². The van der Waals surface area contributed by atoms with E-state index >= 15 is 0 Å². The molecule has 2 aliphatic rings. The summed E-state index contributed by atoms with van der Waals surface area (Å²) in [6.07, 6.45) is 4.83. The zero-order valence-electron chi connectivity index (χ0n) is 15.2. The Labute approximate surface area is 162 Å². The van der Waals surface area contributed by atoms with E-state index in [0.717, 1.165) is 49.4 Å². The zero-order valence-corrected chi connectivity index (χ0v) is 15.9. The lowest BCUT2D eigenvalue weighted by Gasteiger charge is -2.42. The lowest BCUT2D eigenvalue weighted by atomic mass is 9.73. The number of nitrogens with two attached hydrogens (primary N) is 1. The Bertz CT molecular complexity index is 1030. The van der Waals surface area contributed by atoms with Gasteiger partial charge in [-0.05, 0) is 55.4 Å². The monoisotopic (exact) mass is 380 g/mol. The number of piperidine rings is 1. The third-order valence-electron chi connectivity index (χ3n) is 6.10. The number of nitrogens with zero attached hydrogens (tertiary/aromatic N) is 5. The van der Waals surface area contributed by atoms with E-state index in [1.165, 1.54) is 11.3 Å². The molecule has 0 radical (unpaired) electrons. The molecule has 1 saturated heterocycles. The summed E-state index contributed by atoms with van der Waals surface area (Å²) >= 11 is 5.93. The van der Waals surface area contributed by atoms with Gasteiger partial charge in [-0.2, -0.15) is 0 Å². The minimum Gasteiger partial charge on any atom is -0.355 e. The Kier molecular flexibility index (Phi) is 3.81. The van der Waals surface area contributed by atoms with Crippen LogP contribution in [0.15, 0.2) is 30.5 Å². The third-order valence-corrected chi connectivity index (χ3v) is 6.31. The smallest absolute Gasteiger partial charge is 0.179 e. The van der Waals surface area contributed by atoms with E-state index in [2.05, 4.69) is 27.0 Å². The molecule has 1 spiro atoms. The lowest BCUT2D eigenvalue weighted by Crippen LogP contribution is -2.44. The van der Waals surface area contributed by atoms with Crippen LogP contribution in [0.1, 0.15) is 35.8 Å². The van der Waals surface area contributed by atoms with Crippen LogP contribution in [0, 0.1) is 12.3 Å². The van der Waals surface area contributed by atoms with Gasteiger partial charge in [0.1, 0.15) is 16.5 Å². The summed E-state index contributed by atoms with van der Waals surface area (Å²) in [4.78, 5) is 20.4. The molecule has 138 valence electrons. The fraction of sp³-hybridized carbons (Fsp3) is 0.400. The van der Waals surface area contributed by atoms with Crippen LogP contribution in [0.25, 0.3) is 11.2 Å². The highest BCUT2D eigenvalue weighted by Gasteiger charge is 2.46. The fourth-order valence-electron chi connectivity index (χ4n) is 4.51. The van der Waals surface area contributed by atoms with Gasteiger partial charge in [0.05, 0.1) is 6.20 Å². The molecule has 7 heteroatoms. The first kappa shape index (κ1) is 16.8. The molecule has 2 N–H and O–H groups in total. The number of hydrogen-bond donors (Lipinski definition) is 1. The van der Waals surface area contributed by atoms with E-state index in [1.807, 2.05) is 13.0 Å². The summed E-state index contributed by atoms with van der Waals surface area (Å²) in [5.41, 5.74) is 11.6. The first-order valence-corrected chi connectivity index (χ1v) is 9.68. The highest BCUT2D eigenvalue weighted by atomic mass is 35.5. The Morgan fingerprint density at radius 3 is 2.74 bits per heavy atom. The highest BCUT2D eigenvalue weighted by Crippen LogP contribution is 2.50. The van der Waals surface area contributed by atoms with Crippen molar-refractivity contribution in [3.8, 4) is 0 Å². The third kappa shape index (κ3) is 2.75. The number of aromatic nitrogens is 4. The van der Waals surface area contributed by atoms with Crippen LogP contribution < -0.4 is 10.6 Å². The summed E-state index contributed by atoms with van der Waals surface area (Å²) in [6, 6.07) is 7.91. The highest BCUT2D eigenvalue weighted by molar-refractivity contribution is 6.29. The van der Waals surface area contributed by atoms with Crippen LogP contribution in [-0.4, -0.2) is 33.0 Å². The Balaban J connectivity index is 1.37. The number of aryl methyl sites for hydroxylation is 1. The quantitative estimate of drug-likeness (QED) is 0.653. The largest absolute Gasteiger partial charge is 0.355 e. The van der Waals surface area contributed by atoms with Gasteiger partial charge in [0, 0.05) is 30.5 Å². The number of halogens is 1. The van der Waals surface area contributed by atoms with Crippen molar-refractivity contribution in [1.29, 1.82) is 0 Å². The number of hydrogen-bond acceptors (Lipinski definition) is 6. The predicted molar refractivity (Wildman–Crippen MR) is 106 cm³/mol. The van der Waals surface area contributed by atoms with Crippen LogP contribution in [0.3, 0.4) is 0 Å². The fourth-order valence-corrected chi connectivity index (χ4v) is 4.66. The van der Waals surface area contributed by atoms with E-state index in [0.29, 0.717) is 10.8 Å². The molecule has 0 bridgehead atoms. The van der Waals surface area contributed by atoms with Crippen molar-refractivity contribution < 1.29 is 0 Å². The number of anilines is 1. The molecule has 27 heavy (non-hydrogen) atoms. The summed E-state index contributed by atoms with van der Waals surface area (Å²) in [6.45, 7) is 3.88. The lowest BCUT2D eigenvalue weighted by molar-refractivity contribution is 0.186. The van der Waals surface area contributed by atoms with Crippen molar-refractivity contribution in [2.24, 2.45) is 11.1 Å². The maximum Gasteiger partial charge on any atom is 0.179 e. The Morgan fingerprint density at radius 2 is 1.93 bits per heavy atom. The van der Waals surface area contributed by atoms with Crippen LogP contribution in [0.2, 0.25) is 5.15 Å². The first-order valence-electron chi connectivity index (χ1n) is 9.30. The van der Waals surface area contributed by atoms with Gasteiger partial charge in [-0.3, -0.25) is 4.98 Å². The molecule has 0 aromatic carbocycles. The van der Waals surface area contributed by atoms with Gasteiger partial charge in [-0.25, -0.2) is 15.0 Å². The minimum atomic E-state index is 0.0665. The molecular weight excluding hydrogens is 360 g/mol. The first-order chi connectivity index (χ1) is 13.0. The summed E-state index contributed by atoms with van der Waals surface area (Å²) in [5.74, 6) is 0.888. The Morgan fingerprint density at radius 1 is 1.11 bits per heavy atom. The van der Waals surface area contributed by atoms with Crippen molar-refractivity contribution >= 4 is 28.6 Å². The molecule has 0 amide bonds. The van der Waals surface area contributed by atoms with E-state index < -0.39 is 0 Å². The van der Waals surface area contributed by atoms with Gasteiger partial charge >= 0.3 is 0 Å². The second-order valence-electron chi connectivity index (χ2n) is 7.70. The second kappa shape index (κ2) is 6.11. The number of rotatable bonds is 1. The molecule has 1 fully saturated rings. The van der Waals surface area contributed by atoms with E-state index in [-0.39, 0.29) is 11.5 Å². The average Bonchev–Trinajstić information content (AvgIpc) is 2.93. The Hall–Kier alpha value is -2.31. The summed E-state index contributed by atoms with van der Waals surface area (Å²) in [7, 11) is 0. The topological polar surface area (TPSA) is 80.8 Å². The van der Waals surface area contributed by atoms with Crippen LogP contribution in [0.4, 0.5) is 5.82 Å². The molecule has 4 heterocycles. The van der Waals surface area contributed by atoms with Gasteiger partial charge in [0.15, 0.2) is 5.65 Å². The molecule has 0 unspecified atom stereocenters. The van der Waals surface area contributed by atoms with E-state index in [1.54, 1.807) is 12.3 Å². The molecule has 5 rings (SSSR count). The summed E-state index contributed by atoms with van der Waals surface area (Å²) in [5, 5.41) is 0.433. The van der Waals surface area contributed by atoms with Crippen LogP contribution >= 0.6 is 11.6 Å². The van der Waals surface area contributed by atoms with Crippen molar-refractivity contribution in [3.05, 3.63) is 52.6 Å². The normalized spacial score (nSPS) is 21.0. The maximum absolute atomic E-state index is 6.67. The zero-order chi connectivity index (χ0) is 18.6. The SMILES string of the molecule is Cc1ccc2c(n1)CC1(CCN(c3cnc4nc(Cl)ccc4n3)CC1)[C@H]2N. The van der Waals surface area contributed by atoms with E-state index in [9.17, 15) is 0 Å². The van der Waals surface area contributed by atoms with Gasteiger partial charge in [-0.1, -0.05) is 17.7 Å². The van der Waals surface area contributed by atoms with E-state index in [4.69, 9.17) is 27.3 Å². The van der Waals surface area contributed by atoms with Crippen molar-refractivity contribution in [2.45, 2.75) is 32.2 Å². The minimum absolute atomic E-state index is 0.0665. The molecule has 3 aromatic heterocycles. The standard InChI is InChI=1S/C20H21ClN6/c1-12-2-3-13-15(24-12)10-20(18(13)22)6-8-27(9-7-20)17-11-23-19-14(25-17)4-5-16(21)26-19/h2-5,11,18H,6-10,22H2,1H3/t18-/m0/s1. The van der Waals surface area contributed by atoms with Gasteiger partial charge in [-0.15, -0.1) is 0 Å². The molecule has 1 atom stereocenters. The number of fused-ring (bicyclic) bond motifs is 2. The number of pyridine rings is 2. The second-order valence-corrected chi connectivity index (χ2v) is 8.08. The van der Waals surface area contributed by atoms with Crippen molar-refractivity contribution in [3.63, 3.8) is 0 Å². The molecule has 6 nitrogen and oxygen atoms in total. The maximum atomic E-state index is 6.67. The summed E-state index contributed by atoms with van der Waals surface area (Å²) < 4.78 is 0. The van der Waals surface area contributed by atoms with Gasteiger partial charge in [0.2, 0.25) is 0 Å². The van der Waals surface area contributed by atoms with Gasteiger partial charge in [0.25, 0.3) is 0 Å². The molecule has 1 aliphatic carbocycles. The predicted octanol–water partition coefficient (Wildman–Crippen LogP) is 3.22. The van der Waals surface area contributed by atoms with Crippen LogP contribution in [-0.2, 0) is 6.42 Å². The molecular formula is C20H21ClN6. The van der Waals surface area contributed by atoms with Crippen molar-refractivity contribution in [1.82, 2.24) is 19.9 Å². The van der Waals surface area contributed by atoms with Gasteiger partial charge < -0.3 is 10.6 Å². The van der Waals surface area contributed by atoms with Crippen molar-refractivity contribution in [2.75, 3.05) is 18.0 Å². The molecule has 3 aromatic rings.